The van der Waals surface area contributed by atoms with Gasteiger partial charge < -0.3 is 10.2 Å². The molecule has 1 N–H and O–H groups in total. The summed E-state index contributed by atoms with van der Waals surface area (Å²) in [7, 11) is 1.79. The molecule has 0 saturated carbocycles. The summed E-state index contributed by atoms with van der Waals surface area (Å²) in [5, 5.41) is 2.80. The van der Waals surface area contributed by atoms with Gasteiger partial charge in [-0.3, -0.25) is 9.59 Å². The second-order valence-corrected chi connectivity index (χ2v) is 5.93. The van der Waals surface area contributed by atoms with Crippen LogP contribution in [0.4, 0.5) is 10.1 Å². The third kappa shape index (κ3) is 3.45. The van der Waals surface area contributed by atoms with Gasteiger partial charge in [0, 0.05) is 31.3 Å². The summed E-state index contributed by atoms with van der Waals surface area (Å²) in [6, 6.07) is 11.7. The quantitative estimate of drug-likeness (QED) is 0.939. The standard InChI is InChI=1S/C19H19FN2O2/c1-22-17-7-5-13(11-14(17)6-8-18(22)23)9-10-21-19(24)15-3-2-4-16(20)12-15/h2-5,7,11-12H,6,8-10H2,1H3,(H,21,24). The van der Waals surface area contributed by atoms with Crippen molar-refractivity contribution in [2.45, 2.75) is 19.3 Å². The minimum absolute atomic E-state index is 0.137. The van der Waals surface area contributed by atoms with E-state index >= 15 is 0 Å². The largest absolute Gasteiger partial charge is 0.352 e. The maximum atomic E-state index is 13.1. The van der Waals surface area contributed by atoms with Crippen molar-refractivity contribution in [3.05, 3.63) is 65.0 Å². The molecule has 1 heterocycles. The smallest absolute Gasteiger partial charge is 0.251 e. The number of carbonyl (C=O) groups is 2. The monoisotopic (exact) mass is 326 g/mol. The van der Waals surface area contributed by atoms with Crippen LogP contribution in [0.25, 0.3) is 0 Å². The van der Waals surface area contributed by atoms with Crippen LogP contribution >= 0.6 is 0 Å². The van der Waals surface area contributed by atoms with Crippen molar-refractivity contribution >= 4 is 17.5 Å². The topological polar surface area (TPSA) is 49.4 Å². The second-order valence-electron chi connectivity index (χ2n) is 5.93. The van der Waals surface area contributed by atoms with Gasteiger partial charge in [-0.05, 0) is 48.2 Å². The summed E-state index contributed by atoms with van der Waals surface area (Å²) in [6.45, 7) is 0.475. The first-order chi connectivity index (χ1) is 11.5. The lowest BCUT2D eigenvalue weighted by Crippen LogP contribution is -2.31. The summed E-state index contributed by atoms with van der Waals surface area (Å²) in [5.41, 5.74) is 3.54. The lowest BCUT2D eigenvalue weighted by atomic mass is 9.98. The van der Waals surface area contributed by atoms with E-state index in [0.29, 0.717) is 24.9 Å². The van der Waals surface area contributed by atoms with E-state index < -0.39 is 5.82 Å². The van der Waals surface area contributed by atoms with Crippen LogP contribution in [0.3, 0.4) is 0 Å². The average Bonchev–Trinajstić information content (AvgIpc) is 2.58. The van der Waals surface area contributed by atoms with Crippen molar-refractivity contribution in [1.29, 1.82) is 0 Å². The number of aryl methyl sites for hydroxylation is 1. The molecule has 2 aromatic carbocycles. The van der Waals surface area contributed by atoms with Crippen molar-refractivity contribution in [3.63, 3.8) is 0 Å². The Morgan fingerprint density at radius 2 is 2.04 bits per heavy atom. The van der Waals surface area contributed by atoms with E-state index in [2.05, 4.69) is 11.4 Å². The number of nitrogens with one attached hydrogen (secondary N) is 1. The van der Waals surface area contributed by atoms with Crippen LogP contribution in [0.15, 0.2) is 42.5 Å². The predicted molar refractivity (Wildman–Crippen MR) is 90.6 cm³/mol. The van der Waals surface area contributed by atoms with Crippen LogP contribution in [0.5, 0.6) is 0 Å². The molecule has 0 spiro atoms. The SMILES string of the molecule is CN1C(=O)CCc2cc(CCNC(=O)c3cccc(F)c3)ccc21. The first-order valence-corrected chi connectivity index (χ1v) is 7.97. The van der Waals surface area contributed by atoms with Gasteiger partial charge in [-0.2, -0.15) is 0 Å². The minimum atomic E-state index is -0.420. The van der Waals surface area contributed by atoms with Gasteiger partial charge in [0.05, 0.1) is 0 Å². The number of amides is 2. The molecule has 0 atom stereocenters. The number of nitrogens with zero attached hydrogens (tertiary/aromatic N) is 1. The van der Waals surface area contributed by atoms with E-state index in [9.17, 15) is 14.0 Å². The molecule has 2 aromatic rings. The van der Waals surface area contributed by atoms with Crippen molar-refractivity contribution in [1.82, 2.24) is 5.32 Å². The molecule has 0 fully saturated rings. The van der Waals surface area contributed by atoms with Gasteiger partial charge in [-0.15, -0.1) is 0 Å². The number of carbonyl (C=O) groups excluding carboxylic acids is 2. The molecule has 4 nitrogen and oxygen atoms in total. The zero-order valence-corrected chi connectivity index (χ0v) is 13.5. The summed E-state index contributed by atoms with van der Waals surface area (Å²) >= 11 is 0. The third-order valence-corrected chi connectivity index (χ3v) is 4.27. The number of hydrogen-bond acceptors (Lipinski definition) is 2. The zero-order valence-electron chi connectivity index (χ0n) is 13.5. The molecule has 24 heavy (non-hydrogen) atoms. The van der Waals surface area contributed by atoms with Gasteiger partial charge in [0.2, 0.25) is 5.91 Å². The van der Waals surface area contributed by atoms with E-state index in [-0.39, 0.29) is 11.8 Å². The molecule has 0 aromatic heterocycles. The van der Waals surface area contributed by atoms with E-state index in [1.54, 1.807) is 18.0 Å². The van der Waals surface area contributed by atoms with E-state index in [4.69, 9.17) is 0 Å². The summed E-state index contributed by atoms with van der Waals surface area (Å²) in [4.78, 5) is 25.4. The molecule has 2 amide bonds. The zero-order chi connectivity index (χ0) is 17.1. The number of rotatable bonds is 4. The second kappa shape index (κ2) is 6.83. The number of fused-ring (bicyclic) bond motifs is 1. The lowest BCUT2D eigenvalue weighted by Gasteiger charge is -2.26. The summed E-state index contributed by atoms with van der Waals surface area (Å²) in [5.74, 6) is -0.564. The van der Waals surface area contributed by atoms with E-state index in [1.807, 2.05) is 12.1 Å². The van der Waals surface area contributed by atoms with Gasteiger partial charge >= 0.3 is 0 Å². The predicted octanol–water partition coefficient (Wildman–Crippen LogP) is 2.71. The Morgan fingerprint density at radius 3 is 2.83 bits per heavy atom. The lowest BCUT2D eigenvalue weighted by molar-refractivity contribution is -0.118. The van der Waals surface area contributed by atoms with Gasteiger partial charge in [-0.25, -0.2) is 4.39 Å². The van der Waals surface area contributed by atoms with Crippen LogP contribution in [0, 0.1) is 5.82 Å². The molecule has 5 heteroatoms. The van der Waals surface area contributed by atoms with Gasteiger partial charge in [0.15, 0.2) is 0 Å². The van der Waals surface area contributed by atoms with Crippen LogP contribution in [0.1, 0.15) is 27.9 Å². The first-order valence-electron chi connectivity index (χ1n) is 7.97. The Hall–Kier alpha value is -2.69. The molecule has 1 aliphatic heterocycles. The fourth-order valence-corrected chi connectivity index (χ4v) is 2.92. The maximum Gasteiger partial charge on any atom is 0.251 e. The van der Waals surface area contributed by atoms with E-state index in [1.165, 1.54) is 18.2 Å². The van der Waals surface area contributed by atoms with Crippen LogP contribution in [-0.4, -0.2) is 25.4 Å². The highest BCUT2D eigenvalue weighted by Gasteiger charge is 2.20. The Balaban J connectivity index is 1.59. The number of halogens is 1. The summed E-state index contributed by atoms with van der Waals surface area (Å²) < 4.78 is 13.1. The normalized spacial score (nSPS) is 13.6. The fraction of sp³-hybridized carbons (Fsp3) is 0.263. The minimum Gasteiger partial charge on any atom is -0.352 e. The Bertz CT molecular complexity index is 789. The Morgan fingerprint density at radius 1 is 1.21 bits per heavy atom. The molecule has 124 valence electrons. The van der Waals surface area contributed by atoms with Crippen molar-refractivity contribution in [3.8, 4) is 0 Å². The highest BCUT2D eigenvalue weighted by molar-refractivity contribution is 5.96. The Labute approximate surface area is 140 Å². The van der Waals surface area contributed by atoms with Gasteiger partial charge in [-0.1, -0.05) is 18.2 Å². The average molecular weight is 326 g/mol. The van der Waals surface area contributed by atoms with Crippen LogP contribution < -0.4 is 10.2 Å². The van der Waals surface area contributed by atoms with Gasteiger partial charge in [0.25, 0.3) is 5.91 Å². The molecule has 1 aliphatic rings. The molecule has 0 aliphatic carbocycles. The molecule has 0 unspecified atom stereocenters. The maximum absolute atomic E-state index is 13.1. The van der Waals surface area contributed by atoms with Crippen molar-refractivity contribution < 1.29 is 14.0 Å². The van der Waals surface area contributed by atoms with Crippen LogP contribution in [0.2, 0.25) is 0 Å². The molecular formula is C19H19FN2O2. The Kier molecular flexibility index (Phi) is 4.60. The molecular weight excluding hydrogens is 307 g/mol. The van der Waals surface area contributed by atoms with E-state index in [0.717, 1.165) is 23.2 Å². The highest BCUT2D eigenvalue weighted by atomic mass is 19.1. The molecule has 0 bridgehead atoms. The van der Waals surface area contributed by atoms with Crippen molar-refractivity contribution in [2.24, 2.45) is 0 Å². The number of anilines is 1. The molecule has 0 radical (unpaired) electrons. The number of benzene rings is 2. The summed E-state index contributed by atoms with van der Waals surface area (Å²) in [6.07, 6.45) is 1.97. The van der Waals surface area contributed by atoms with Crippen molar-refractivity contribution in [2.75, 3.05) is 18.5 Å². The van der Waals surface area contributed by atoms with Crippen LogP contribution in [-0.2, 0) is 17.6 Å². The third-order valence-electron chi connectivity index (χ3n) is 4.27. The fourth-order valence-electron chi connectivity index (χ4n) is 2.92. The van der Waals surface area contributed by atoms with Gasteiger partial charge in [0.1, 0.15) is 5.82 Å². The highest BCUT2D eigenvalue weighted by Crippen LogP contribution is 2.27. The number of hydrogen-bond donors (Lipinski definition) is 1. The molecule has 3 rings (SSSR count). The first kappa shape index (κ1) is 16.2. The molecule has 0 saturated heterocycles.